The molecule has 0 saturated carbocycles. The Morgan fingerprint density at radius 1 is 1.24 bits per heavy atom. The lowest BCUT2D eigenvalue weighted by atomic mass is 10.2. The smallest absolute Gasteiger partial charge is 0.411 e. The van der Waals surface area contributed by atoms with Crippen LogP contribution in [0.25, 0.3) is 0 Å². The average Bonchev–Trinajstić information content (AvgIpc) is 3.32. The van der Waals surface area contributed by atoms with Gasteiger partial charge in [-0.15, -0.1) is 0 Å². The third kappa shape index (κ3) is 8.31. The molecular formula is C27H35FN6O4. The van der Waals surface area contributed by atoms with Crippen molar-refractivity contribution in [2.24, 2.45) is 0 Å². The summed E-state index contributed by atoms with van der Waals surface area (Å²) in [4.78, 5) is 35.5. The van der Waals surface area contributed by atoms with Crippen LogP contribution in [0.15, 0.2) is 30.5 Å². The van der Waals surface area contributed by atoms with E-state index in [4.69, 9.17) is 9.47 Å². The van der Waals surface area contributed by atoms with Crippen molar-refractivity contribution in [3.63, 3.8) is 0 Å². The lowest BCUT2D eigenvalue weighted by Gasteiger charge is -2.27. The zero-order chi connectivity index (χ0) is 27.7. The number of nitrogens with zero attached hydrogens (tertiary/aromatic N) is 3. The van der Waals surface area contributed by atoms with E-state index in [-0.39, 0.29) is 17.8 Å². The van der Waals surface area contributed by atoms with E-state index >= 15 is 0 Å². The Hall–Kier alpha value is -3.91. The molecule has 38 heavy (non-hydrogen) atoms. The fourth-order valence-corrected chi connectivity index (χ4v) is 3.79. The predicted octanol–water partition coefficient (Wildman–Crippen LogP) is 3.67. The second kappa shape index (κ2) is 13.1. The zero-order valence-corrected chi connectivity index (χ0v) is 22.4. The standard InChI is InChI=1S/C27H35FN6O4/c1-27(2,3)38-26(36)34-17-21(37-5)15-22(34)24(35)30-14-8-6-7-9-18-16-31-25(33-23(18)29-4)32-20-12-10-19(28)11-13-20/h10-13,16,21-22H,6,8,14-15,17H2,1-5H3,(H,30,35)(H2,29,31,32,33)/t21-,22?/m0/s1. The van der Waals surface area contributed by atoms with Gasteiger partial charge in [0.2, 0.25) is 11.9 Å². The lowest BCUT2D eigenvalue weighted by molar-refractivity contribution is -0.125. The first-order valence-corrected chi connectivity index (χ1v) is 12.5. The fraction of sp³-hybridized carbons (Fsp3) is 0.481. The van der Waals surface area contributed by atoms with Gasteiger partial charge in [0.1, 0.15) is 23.3 Å². The normalized spacial score (nSPS) is 16.8. The molecule has 2 atom stereocenters. The first-order valence-electron chi connectivity index (χ1n) is 12.5. The Bertz CT molecular complexity index is 1170. The second-order valence-electron chi connectivity index (χ2n) is 9.78. The number of carbonyl (C=O) groups excluding carboxylic acids is 2. The van der Waals surface area contributed by atoms with Crippen molar-refractivity contribution in [1.29, 1.82) is 0 Å². The molecule has 2 heterocycles. The topological polar surface area (TPSA) is 118 Å². The van der Waals surface area contributed by atoms with Gasteiger partial charge in [-0.1, -0.05) is 11.8 Å². The predicted molar refractivity (Wildman–Crippen MR) is 143 cm³/mol. The van der Waals surface area contributed by atoms with Crippen molar-refractivity contribution in [1.82, 2.24) is 20.2 Å². The van der Waals surface area contributed by atoms with Gasteiger partial charge in [-0.2, -0.15) is 4.98 Å². The van der Waals surface area contributed by atoms with Gasteiger partial charge in [0.15, 0.2) is 0 Å². The second-order valence-corrected chi connectivity index (χ2v) is 9.78. The Morgan fingerprint density at radius 3 is 2.63 bits per heavy atom. The third-order valence-electron chi connectivity index (χ3n) is 5.65. The van der Waals surface area contributed by atoms with Crippen molar-refractivity contribution in [3.8, 4) is 11.8 Å². The average molecular weight is 527 g/mol. The molecule has 1 aliphatic rings. The summed E-state index contributed by atoms with van der Waals surface area (Å²) in [5, 5.41) is 8.91. The van der Waals surface area contributed by atoms with E-state index in [0.717, 1.165) is 0 Å². The van der Waals surface area contributed by atoms with E-state index in [1.807, 2.05) is 0 Å². The molecule has 204 valence electrons. The molecular weight excluding hydrogens is 491 g/mol. The number of likely N-dealkylation sites (tertiary alicyclic amines) is 1. The monoisotopic (exact) mass is 526 g/mol. The van der Waals surface area contributed by atoms with Crippen LogP contribution in [0.2, 0.25) is 0 Å². The third-order valence-corrected chi connectivity index (χ3v) is 5.65. The van der Waals surface area contributed by atoms with Gasteiger partial charge in [0.25, 0.3) is 0 Å². The minimum absolute atomic E-state index is 0.218. The van der Waals surface area contributed by atoms with E-state index in [1.165, 1.54) is 17.0 Å². The van der Waals surface area contributed by atoms with Crippen LogP contribution in [-0.2, 0) is 14.3 Å². The molecule has 1 aromatic heterocycles. The minimum Gasteiger partial charge on any atom is -0.444 e. The van der Waals surface area contributed by atoms with Gasteiger partial charge in [0, 0.05) is 39.2 Å². The molecule has 1 unspecified atom stereocenters. The number of rotatable bonds is 8. The molecule has 2 aromatic rings. The summed E-state index contributed by atoms with van der Waals surface area (Å²) < 4.78 is 23.9. The number of nitrogens with one attached hydrogen (secondary N) is 3. The van der Waals surface area contributed by atoms with Crippen LogP contribution in [0.5, 0.6) is 0 Å². The molecule has 1 fully saturated rings. The van der Waals surface area contributed by atoms with Crippen LogP contribution in [0.3, 0.4) is 0 Å². The Morgan fingerprint density at radius 2 is 1.97 bits per heavy atom. The van der Waals surface area contributed by atoms with Gasteiger partial charge in [-0.3, -0.25) is 9.69 Å². The largest absolute Gasteiger partial charge is 0.444 e. The molecule has 1 aromatic carbocycles. The summed E-state index contributed by atoms with van der Waals surface area (Å²) in [5.41, 5.74) is 0.643. The number of anilines is 3. The number of halogens is 1. The maximum Gasteiger partial charge on any atom is 0.411 e. The summed E-state index contributed by atoms with van der Waals surface area (Å²) >= 11 is 0. The van der Waals surface area contributed by atoms with Crippen LogP contribution in [0.4, 0.5) is 26.6 Å². The Kier molecular flexibility index (Phi) is 9.85. The number of benzene rings is 1. The van der Waals surface area contributed by atoms with Crippen molar-refractivity contribution in [3.05, 3.63) is 41.8 Å². The molecule has 2 amide bonds. The van der Waals surface area contributed by atoms with Crippen LogP contribution < -0.4 is 16.0 Å². The summed E-state index contributed by atoms with van der Waals surface area (Å²) in [6, 6.07) is 5.26. The van der Waals surface area contributed by atoms with Crippen LogP contribution in [0.1, 0.15) is 45.6 Å². The summed E-state index contributed by atoms with van der Waals surface area (Å²) in [7, 11) is 3.31. The van der Waals surface area contributed by atoms with E-state index in [2.05, 4.69) is 37.8 Å². The van der Waals surface area contributed by atoms with Crippen LogP contribution in [-0.4, -0.2) is 71.9 Å². The molecule has 3 rings (SSSR count). The number of methoxy groups -OCH3 is 1. The zero-order valence-electron chi connectivity index (χ0n) is 22.4. The number of aromatic nitrogens is 2. The van der Waals surface area contributed by atoms with Crippen molar-refractivity contribution in [2.75, 3.05) is 37.9 Å². The SMILES string of the molecule is CNc1nc(Nc2ccc(F)cc2)ncc1C#CCCCNC(=O)C1C[C@H](OC)CN1C(=O)OC(C)(C)C. The molecule has 0 bridgehead atoms. The molecule has 3 N–H and O–H groups in total. The lowest BCUT2D eigenvalue weighted by Crippen LogP contribution is -2.47. The highest BCUT2D eigenvalue weighted by atomic mass is 19.1. The van der Waals surface area contributed by atoms with Crippen molar-refractivity contribution >= 4 is 29.5 Å². The Labute approximate surface area is 222 Å². The number of hydrogen-bond acceptors (Lipinski definition) is 8. The molecule has 1 aliphatic heterocycles. The van der Waals surface area contributed by atoms with Crippen LogP contribution >= 0.6 is 0 Å². The number of hydrogen-bond donors (Lipinski definition) is 3. The van der Waals surface area contributed by atoms with Gasteiger partial charge in [0.05, 0.1) is 24.4 Å². The number of amides is 2. The molecule has 1 saturated heterocycles. The number of ether oxygens (including phenoxy) is 2. The summed E-state index contributed by atoms with van der Waals surface area (Å²) in [5.74, 6) is 6.48. The summed E-state index contributed by atoms with van der Waals surface area (Å²) in [6.45, 7) is 6.09. The maximum atomic E-state index is 13.1. The van der Waals surface area contributed by atoms with Crippen LogP contribution in [0, 0.1) is 17.7 Å². The van der Waals surface area contributed by atoms with Gasteiger partial charge in [-0.05, 0) is 51.5 Å². The van der Waals surface area contributed by atoms with E-state index in [1.54, 1.807) is 53.3 Å². The minimum atomic E-state index is -0.653. The molecule has 0 aliphatic carbocycles. The van der Waals surface area contributed by atoms with Gasteiger partial charge < -0.3 is 25.4 Å². The van der Waals surface area contributed by atoms with E-state index in [9.17, 15) is 14.0 Å². The molecule has 11 heteroatoms. The summed E-state index contributed by atoms with van der Waals surface area (Å²) in [6.07, 6.45) is 2.46. The van der Waals surface area contributed by atoms with Gasteiger partial charge in [-0.25, -0.2) is 14.2 Å². The van der Waals surface area contributed by atoms with Gasteiger partial charge >= 0.3 is 6.09 Å². The maximum absolute atomic E-state index is 13.1. The number of carbonyl (C=O) groups is 2. The highest BCUT2D eigenvalue weighted by Gasteiger charge is 2.41. The highest BCUT2D eigenvalue weighted by Crippen LogP contribution is 2.23. The molecule has 0 spiro atoms. The van der Waals surface area contributed by atoms with E-state index < -0.39 is 17.7 Å². The quantitative estimate of drug-likeness (QED) is 0.352. The first-order chi connectivity index (χ1) is 18.1. The highest BCUT2D eigenvalue weighted by molar-refractivity contribution is 5.86. The molecule has 0 radical (unpaired) electrons. The van der Waals surface area contributed by atoms with Crippen molar-refractivity contribution in [2.45, 2.75) is 57.8 Å². The van der Waals surface area contributed by atoms with E-state index in [0.29, 0.717) is 55.4 Å². The molecule has 10 nitrogen and oxygen atoms in total. The number of unbranched alkanes of at least 4 members (excludes halogenated alkanes) is 1. The fourth-order valence-electron chi connectivity index (χ4n) is 3.79. The first kappa shape index (κ1) is 28.7. The Balaban J connectivity index is 1.49. The van der Waals surface area contributed by atoms with Crippen molar-refractivity contribution < 1.29 is 23.5 Å².